The summed E-state index contributed by atoms with van der Waals surface area (Å²) in [4.78, 5) is 40.1. The van der Waals surface area contributed by atoms with Crippen molar-refractivity contribution in [2.75, 3.05) is 5.75 Å². The molecule has 0 radical (unpaired) electrons. The van der Waals surface area contributed by atoms with Crippen molar-refractivity contribution in [1.29, 1.82) is 0 Å². The maximum atomic E-state index is 12.8. The van der Waals surface area contributed by atoms with Crippen LogP contribution in [0.25, 0.3) is 0 Å². The molecule has 1 aliphatic rings. The van der Waals surface area contributed by atoms with Crippen LogP contribution < -0.4 is 0 Å². The van der Waals surface area contributed by atoms with Gasteiger partial charge in [0.15, 0.2) is 9.84 Å². The molecule has 11 heteroatoms. The Balaban J connectivity index is 1.82. The van der Waals surface area contributed by atoms with E-state index in [-0.39, 0.29) is 17.7 Å². The van der Waals surface area contributed by atoms with Crippen molar-refractivity contribution in [3.05, 3.63) is 63.6 Å². The normalized spacial score (nSPS) is 15.2. The van der Waals surface area contributed by atoms with Crippen LogP contribution in [0.2, 0.25) is 5.02 Å². The molecule has 1 saturated heterocycles. The number of imide groups is 1. The van der Waals surface area contributed by atoms with Crippen LogP contribution in [0.4, 0.5) is 4.79 Å². The van der Waals surface area contributed by atoms with E-state index in [9.17, 15) is 22.8 Å². The Morgan fingerprint density at radius 1 is 1.03 bits per heavy atom. The fourth-order valence-electron chi connectivity index (χ4n) is 2.68. The summed E-state index contributed by atoms with van der Waals surface area (Å²) in [6.07, 6.45) is -2.77. The Kier molecular flexibility index (Phi) is 6.79. The lowest BCUT2D eigenvalue weighted by atomic mass is 10.1. The Bertz CT molecular complexity index is 1060. The lowest BCUT2D eigenvalue weighted by Gasteiger charge is -2.20. The van der Waals surface area contributed by atoms with E-state index in [1.54, 1.807) is 24.3 Å². The third-order valence-corrected chi connectivity index (χ3v) is 6.71. The largest absolute Gasteiger partial charge is 0.534 e. The van der Waals surface area contributed by atoms with Crippen LogP contribution in [-0.2, 0) is 29.0 Å². The number of nitrogens with zero attached hydrogens (tertiary/aromatic N) is 1. The first kappa shape index (κ1) is 22.3. The van der Waals surface area contributed by atoms with E-state index < -0.39 is 39.7 Å². The smallest absolute Gasteiger partial charge is 0.423 e. The molecule has 0 saturated carbocycles. The first-order valence-corrected chi connectivity index (χ1v) is 11.5. The summed E-state index contributed by atoms with van der Waals surface area (Å²) in [6.45, 7) is 0. The van der Waals surface area contributed by atoms with Crippen molar-refractivity contribution >= 4 is 55.3 Å². The van der Waals surface area contributed by atoms with Gasteiger partial charge in [-0.2, -0.15) is 0 Å². The molecule has 0 aliphatic carbocycles. The molecule has 1 atom stereocenters. The molecular weight excluding hydrogens is 502 g/mol. The highest BCUT2D eigenvalue weighted by Gasteiger charge is 2.35. The van der Waals surface area contributed by atoms with Gasteiger partial charge in [0, 0.05) is 22.3 Å². The summed E-state index contributed by atoms with van der Waals surface area (Å²) in [5, 5.41) is 0.701. The van der Waals surface area contributed by atoms with Crippen LogP contribution in [0.15, 0.2) is 57.9 Å². The SMILES string of the molecule is O=C(OC(CS(=O)(=O)c1ccc(Cl)cc1)c1ccc(Br)cc1)ON1C(=O)CCC1=O. The van der Waals surface area contributed by atoms with Crippen LogP contribution in [0, 0.1) is 0 Å². The molecular formula is C19H15BrClNO7S. The van der Waals surface area contributed by atoms with Gasteiger partial charge in [-0.25, -0.2) is 13.2 Å². The lowest BCUT2D eigenvalue weighted by molar-refractivity contribution is -0.178. The van der Waals surface area contributed by atoms with E-state index in [1.807, 2.05) is 0 Å². The topological polar surface area (TPSA) is 107 Å². The zero-order valence-electron chi connectivity index (χ0n) is 15.3. The van der Waals surface area contributed by atoms with Crippen molar-refractivity contribution in [1.82, 2.24) is 5.06 Å². The average Bonchev–Trinajstić information content (AvgIpc) is 3.00. The highest BCUT2D eigenvalue weighted by atomic mass is 79.9. The van der Waals surface area contributed by atoms with E-state index in [0.29, 0.717) is 15.6 Å². The van der Waals surface area contributed by atoms with Crippen molar-refractivity contribution in [2.45, 2.75) is 23.8 Å². The van der Waals surface area contributed by atoms with Crippen molar-refractivity contribution < 1.29 is 32.4 Å². The fraction of sp³-hybridized carbons (Fsp3) is 0.211. The Morgan fingerprint density at radius 3 is 2.17 bits per heavy atom. The number of rotatable bonds is 6. The second-order valence-electron chi connectivity index (χ2n) is 6.32. The molecule has 2 aromatic carbocycles. The number of carbonyl (C=O) groups excluding carboxylic acids is 3. The summed E-state index contributed by atoms with van der Waals surface area (Å²) < 4.78 is 31.6. The van der Waals surface area contributed by atoms with Gasteiger partial charge < -0.3 is 4.74 Å². The second kappa shape index (κ2) is 9.15. The lowest BCUT2D eigenvalue weighted by Crippen LogP contribution is -2.33. The van der Waals surface area contributed by atoms with Gasteiger partial charge in [-0.3, -0.25) is 14.4 Å². The second-order valence-corrected chi connectivity index (χ2v) is 9.70. The predicted molar refractivity (Wildman–Crippen MR) is 109 cm³/mol. The van der Waals surface area contributed by atoms with Crippen molar-refractivity contribution in [3.8, 4) is 0 Å². The summed E-state index contributed by atoms with van der Waals surface area (Å²) >= 11 is 9.08. The van der Waals surface area contributed by atoms with Crippen molar-refractivity contribution in [2.24, 2.45) is 0 Å². The summed E-state index contributed by atoms with van der Waals surface area (Å²) in [7, 11) is -3.88. The standard InChI is InChI=1S/C19H15BrClNO7S/c20-13-3-1-12(2-4-13)16(11-30(26,27)15-7-5-14(21)6-8-15)28-19(25)29-22-17(23)9-10-18(22)24/h1-8,16H,9-11H2. The molecule has 1 aliphatic heterocycles. The number of hydrogen-bond acceptors (Lipinski definition) is 7. The molecule has 158 valence electrons. The number of sulfone groups is 1. The number of halogens is 2. The number of amides is 2. The minimum absolute atomic E-state index is 0.00382. The Hall–Kier alpha value is -2.43. The Labute approximate surface area is 185 Å². The minimum atomic E-state index is -3.88. The summed E-state index contributed by atoms with van der Waals surface area (Å²) in [6, 6.07) is 12.0. The minimum Gasteiger partial charge on any atom is -0.423 e. The highest BCUT2D eigenvalue weighted by Crippen LogP contribution is 2.26. The van der Waals surface area contributed by atoms with Gasteiger partial charge in [0.25, 0.3) is 11.8 Å². The van der Waals surface area contributed by atoms with Gasteiger partial charge in [0.2, 0.25) is 0 Å². The molecule has 30 heavy (non-hydrogen) atoms. The Morgan fingerprint density at radius 2 is 1.60 bits per heavy atom. The van der Waals surface area contributed by atoms with E-state index in [1.165, 1.54) is 24.3 Å². The maximum Gasteiger partial charge on any atom is 0.534 e. The monoisotopic (exact) mass is 515 g/mol. The molecule has 1 fully saturated rings. The molecule has 1 unspecified atom stereocenters. The highest BCUT2D eigenvalue weighted by molar-refractivity contribution is 9.10. The van der Waals surface area contributed by atoms with Crippen LogP contribution in [0.5, 0.6) is 0 Å². The fourth-order valence-corrected chi connectivity index (χ4v) is 4.48. The van der Waals surface area contributed by atoms with Gasteiger partial charge in [0.05, 0.1) is 10.6 Å². The van der Waals surface area contributed by atoms with E-state index in [0.717, 1.165) is 4.47 Å². The van der Waals surface area contributed by atoms with Crippen LogP contribution in [0.3, 0.4) is 0 Å². The molecule has 3 rings (SSSR count). The summed E-state index contributed by atoms with van der Waals surface area (Å²) in [5.41, 5.74) is 0.381. The maximum absolute atomic E-state index is 12.8. The number of ether oxygens (including phenoxy) is 1. The van der Waals surface area contributed by atoms with Gasteiger partial charge >= 0.3 is 6.16 Å². The molecule has 1 heterocycles. The number of benzene rings is 2. The molecule has 0 N–H and O–H groups in total. The van der Waals surface area contributed by atoms with Gasteiger partial charge in [-0.15, -0.1) is 0 Å². The van der Waals surface area contributed by atoms with E-state index in [4.69, 9.17) is 21.2 Å². The van der Waals surface area contributed by atoms with E-state index in [2.05, 4.69) is 15.9 Å². The van der Waals surface area contributed by atoms with Gasteiger partial charge in [-0.1, -0.05) is 44.7 Å². The molecule has 2 aromatic rings. The third kappa shape index (κ3) is 5.38. The van der Waals surface area contributed by atoms with Crippen LogP contribution in [-0.4, -0.2) is 37.2 Å². The zero-order valence-corrected chi connectivity index (χ0v) is 18.4. The van der Waals surface area contributed by atoms with E-state index >= 15 is 0 Å². The molecule has 0 spiro atoms. The van der Waals surface area contributed by atoms with Crippen LogP contribution in [0.1, 0.15) is 24.5 Å². The molecule has 0 bridgehead atoms. The van der Waals surface area contributed by atoms with Crippen LogP contribution >= 0.6 is 27.5 Å². The zero-order chi connectivity index (χ0) is 21.9. The number of hydrogen-bond donors (Lipinski definition) is 0. The number of carbonyl (C=O) groups is 3. The van der Waals surface area contributed by atoms with Gasteiger partial charge in [0.1, 0.15) is 6.10 Å². The quantitative estimate of drug-likeness (QED) is 0.424. The van der Waals surface area contributed by atoms with Crippen molar-refractivity contribution in [3.63, 3.8) is 0 Å². The molecule has 0 aromatic heterocycles. The predicted octanol–water partition coefficient (Wildman–Crippen LogP) is 3.83. The van der Waals surface area contributed by atoms with Gasteiger partial charge in [-0.05, 0) is 42.0 Å². The first-order chi connectivity index (χ1) is 14.2. The average molecular weight is 517 g/mol. The first-order valence-electron chi connectivity index (χ1n) is 8.64. The third-order valence-electron chi connectivity index (χ3n) is 4.20. The molecule has 8 nitrogen and oxygen atoms in total. The summed E-state index contributed by atoms with van der Waals surface area (Å²) in [5.74, 6) is -1.94. The molecule has 2 amide bonds. The number of hydroxylamine groups is 2.